The zero-order chi connectivity index (χ0) is 24.4. The Morgan fingerprint density at radius 3 is 1.37 bits per heavy atom. The van der Waals surface area contributed by atoms with E-state index < -0.39 is 0 Å². The summed E-state index contributed by atoms with van der Waals surface area (Å²) < 4.78 is 0. The van der Waals surface area contributed by atoms with Gasteiger partial charge in [0.2, 0.25) is 0 Å². The molecule has 1 heteroatoms. The summed E-state index contributed by atoms with van der Waals surface area (Å²) in [4.78, 5) is 2.39. The Labute approximate surface area is 209 Å². The zero-order valence-corrected chi connectivity index (χ0v) is 20.9. The molecule has 0 saturated heterocycles. The molecule has 0 aliphatic heterocycles. The Morgan fingerprint density at radius 2 is 0.886 bits per heavy atom. The highest BCUT2D eigenvalue weighted by Gasteiger charge is 2.17. The van der Waals surface area contributed by atoms with E-state index in [9.17, 15) is 0 Å². The van der Waals surface area contributed by atoms with E-state index in [4.69, 9.17) is 0 Å². The minimum atomic E-state index is 1.16. The van der Waals surface area contributed by atoms with Crippen molar-refractivity contribution in [3.8, 4) is 22.3 Å². The molecule has 1 nitrogen and oxygen atoms in total. The van der Waals surface area contributed by atoms with E-state index in [2.05, 4.69) is 148 Å². The summed E-state index contributed by atoms with van der Waals surface area (Å²) in [5, 5.41) is 0. The number of rotatable bonds is 5. The van der Waals surface area contributed by atoms with Gasteiger partial charge in [0.05, 0.1) is 0 Å². The molecular weight excluding hydrogens is 422 g/mol. The van der Waals surface area contributed by atoms with Gasteiger partial charge in [-0.05, 0) is 85.3 Å². The number of benzene rings is 5. The molecule has 0 spiro atoms. The zero-order valence-electron chi connectivity index (χ0n) is 20.9. The molecular formula is C34H31N. The van der Waals surface area contributed by atoms with Crippen LogP contribution in [-0.2, 0) is 0 Å². The minimum absolute atomic E-state index is 1.16. The number of aryl methyl sites for hydroxylation is 4. The van der Waals surface area contributed by atoms with Gasteiger partial charge in [0.15, 0.2) is 0 Å². The Morgan fingerprint density at radius 1 is 0.429 bits per heavy atom. The summed E-state index contributed by atoms with van der Waals surface area (Å²) in [6.07, 6.45) is 0. The van der Waals surface area contributed by atoms with Crippen molar-refractivity contribution in [2.75, 3.05) is 4.90 Å². The van der Waals surface area contributed by atoms with Crippen molar-refractivity contribution in [1.29, 1.82) is 0 Å². The van der Waals surface area contributed by atoms with Crippen LogP contribution in [0.5, 0.6) is 0 Å². The molecule has 0 fully saturated rings. The lowest BCUT2D eigenvalue weighted by Gasteiger charge is -2.29. The van der Waals surface area contributed by atoms with E-state index in [1.165, 1.54) is 55.9 Å². The van der Waals surface area contributed by atoms with Crippen molar-refractivity contribution in [2.45, 2.75) is 27.7 Å². The highest BCUT2D eigenvalue weighted by atomic mass is 15.1. The second kappa shape index (κ2) is 9.64. The average Bonchev–Trinajstić information content (AvgIpc) is 2.87. The van der Waals surface area contributed by atoms with Gasteiger partial charge in [0, 0.05) is 17.1 Å². The molecule has 0 atom stereocenters. The molecule has 0 aliphatic carbocycles. The van der Waals surface area contributed by atoms with Gasteiger partial charge in [0.1, 0.15) is 0 Å². The molecule has 172 valence electrons. The third-order valence-corrected chi connectivity index (χ3v) is 6.63. The van der Waals surface area contributed by atoms with Crippen LogP contribution in [0.2, 0.25) is 0 Å². The first-order chi connectivity index (χ1) is 17.0. The van der Waals surface area contributed by atoms with Gasteiger partial charge < -0.3 is 4.90 Å². The van der Waals surface area contributed by atoms with E-state index in [1.807, 2.05) is 0 Å². The van der Waals surface area contributed by atoms with Crippen molar-refractivity contribution in [1.82, 2.24) is 0 Å². The van der Waals surface area contributed by atoms with Crippen LogP contribution in [0.1, 0.15) is 22.3 Å². The van der Waals surface area contributed by atoms with Crippen LogP contribution >= 0.6 is 0 Å². The van der Waals surface area contributed by atoms with E-state index >= 15 is 0 Å². The second-order valence-corrected chi connectivity index (χ2v) is 9.37. The molecule has 0 heterocycles. The Hall–Kier alpha value is -4.10. The van der Waals surface area contributed by atoms with Gasteiger partial charge in [-0.15, -0.1) is 0 Å². The lowest BCUT2D eigenvalue weighted by molar-refractivity contribution is 1.21. The Kier molecular flexibility index (Phi) is 6.25. The molecule has 0 aliphatic rings. The summed E-state index contributed by atoms with van der Waals surface area (Å²) in [5.74, 6) is 0. The number of hydrogen-bond donors (Lipinski definition) is 0. The van der Waals surface area contributed by atoms with Crippen molar-refractivity contribution >= 4 is 17.1 Å². The van der Waals surface area contributed by atoms with Crippen molar-refractivity contribution in [3.63, 3.8) is 0 Å². The normalized spacial score (nSPS) is 10.9. The van der Waals surface area contributed by atoms with Crippen LogP contribution in [0.25, 0.3) is 22.3 Å². The van der Waals surface area contributed by atoms with E-state index in [1.54, 1.807) is 0 Å². The van der Waals surface area contributed by atoms with Gasteiger partial charge in [-0.3, -0.25) is 0 Å². The van der Waals surface area contributed by atoms with Gasteiger partial charge in [-0.2, -0.15) is 0 Å². The van der Waals surface area contributed by atoms with Gasteiger partial charge in [-0.1, -0.05) is 102 Å². The summed E-state index contributed by atoms with van der Waals surface area (Å²) in [6.45, 7) is 8.70. The predicted molar refractivity (Wildman–Crippen MR) is 151 cm³/mol. The fraction of sp³-hybridized carbons (Fsp3) is 0.118. The topological polar surface area (TPSA) is 3.24 Å². The molecule has 0 aromatic heterocycles. The highest BCUT2D eigenvalue weighted by Crippen LogP contribution is 2.40. The second-order valence-electron chi connectivity index (χ2n) is 9.37. The summed E-state index contributed by atoms with van der Waals surface area (Å²) in [7, 11) is 0. The van der Waals surface area contributed by atoms with Crippen LogP contribution in [-0.4, -0.2) is 0 Å². The fourth-order valence-corrected chi connectivity index (χ4v) is 4.91. The van der Waals surface area contributed by atoms with Crippen molar-refractivity contribution in [2.24, 2.45) is 0 Å². The van der Waals surface area contributed by atoms with Crippen LogP contribution < -0.4 is 4.90 Å². The molecule has 5 aromatic rings. The Bertz CT molecular complexity index is 1410. The predicted octanol–water partition coefficient (Wildman–Crippen LogP) is 9.72. The van der Waals surface area contributed by atoms with Crippen LogP contribution in [0.4, 0.5) is 17.1 Å². The monoisotopic (exact) mass is 453 g/mol. The maximum Gasteiger partial charge on any atom is 0.0491 e. The fourth-order valence-electron chi connectivity index (χ4n) is 4.91. The quantitative estimate of drug-likeness (QED) is 0.256. The maximum absolute atomic E-state index is 2.39. The summed E-state index contributed by atoms with van der Waals surface area (Å²) >= 11 is 0. The molecule has 0 unspecified atom stereocenters. The third-order valence-electron chi connectivity index (χ3n) is 6.63. The van der Waals surface area contributed by atoms with Crippen LogP contribution in [0.3, 0.4) is 0 Å². The summed E-state index contributed by atoms with van der Waals surface area (Å²) in [6, 6.07) is 41.6. The van der Waals surface area contributed by atoms with Crippen LogP contribution in [0, 0.1) is 27.7 Å². The van der Waals surface area contributed by atoms with Gasteiger partial charge >= 0.3 is 0 Å². The average molecular weight is 454 g/mol. The molecule has 0 amide bonds. The van der Waals surface area contributed by atoms with Crippen molar-refractivity contribution < 1.29 is 0 Å². The number of hydrogen-bond acceptors (Lipinski definition) is 1. The van der Waals surface area contributed by atoms with E-state index in [0.717, 1.165) is 5.69 Å². The third kappa shape index (κ3) is 4.63. The first-order valence-electron chi connectivity index (χ1n) is 12.2. The standard InChI is InChI=1S/C34H31N/c1-24-14-20-33(26(3)22-24)35(34-21-15-25(2)23-27(34)4)30-18-16-29(17-19-30)32-13-9-8-12-31(32)28-10-6-5-7-11-28/h5-23H,1-4H3. The van der Waals surface area contributed by atoms with Gasteiger partial charge in [-0.25, -0.2) is 0 Å². The molecule has 0 saturated carbocycles. The molecule has 0 bridgehead atoms. The minimum Gasteiger partial charge on any atom is -0.310 e. The van der Waals surface area contributed by atoms with Crippen LogP contribution in [0.15, 0.2) is 115 Å². The SMILES string of the molecule is Cc1ccc(N(c2ccc(-c3ccccc3-c3ccccc3)cc2)c2ccc(C)cc2C)c(C)c1. The molecule has 35 heavy (non-hydrogen) atoms. The lowest BCUT2D eigenvalue weighted by atomic mass is 9.94. The lowest BCUT2D eigenvalue weighted by Crippen LogP contribution is -2.13. The molecule has 0 radical (unpaired) electrons. The molecule has 0 N–H and O–H groups in total. The van der Waals surface area contributed by atoms with Gasteiger partial charge in [0.25, 0.3) is 0 Å². The molecule has 5 aromatic carbocycles. The smallest absolute Gasteiger partial charge is 0.0491 e. The molecule has 5 rings (SSSR count). The van der Waals surface area contributed by atoms with Crippen molar-refractivity contribution in [3.05, 3.63) is 138 Å². The number of nitrogens with zero attached hydrogens (tertiary/aromatic N) is 1. The first kappa shape index (κ1) is 22.7. The largest absolute Gasteiger partial charge is 0.310 e. The van der Waals surface area contributed by atoms with E-state index in [0.29, 0.717) is 0 Å². The summed E-state index contributed by atoms with van der Waals surface area (Å²) in [5.41, 5.74) is 13.6. The number of anilines is 3. The Balaban J connectivity index is 1.61. The van der Waals surface area contributed by atoms with E-state index in [-0.39, 0.29) is 0 Å². The highest BCUT2D eigenvalue weighted by molar-refractivity contribution is 5.86. The first-order valence-corrected chi connectivity index (χ1v) is 12.2. The maximum atomic E-state index is 2.39.